The quantitative estimate of drug-likeness (QED) is 0.685. The lowest BCUT2D eigenvalue weighted by molar-refractivity contribution is 0.122. The average molecular weight is 203 g/mol. The smallest absolute Gasteiger partial charge is 0.129 e. The van der Waals surface area contributed by atoms with Crippen molar-refractivity contribution in [2.45, 2.75) is 6.92 Å². The normalized spacial score (nSPS) is 16.1. The second-order valence-electron chi connectivity index (χ2n) is 3.51. The van der Waals surface area contributed by atoms with Gasteiger partial charge in [0.1, 0.15) is 11.9 Å². The molecule has 0 atom stereocenters. The van der Waals surface area contributed by atoms with Crippen molar-refractivity contribution in [3.63, 3.8) is 0 Å². The molecule has 15 heavy (non-hydrogen) atoms. The molecular weight excluding hydrogens is 190 g/mol. The third-order valence-corrected chi connectivity index (χ3v) is 2.53. The van der Waals surface area contributed by atoms with Crippen molar-refractivity contribution in [3.05, 3.63) is 23.4 Å². The highest BCUT2D eigenvalue weighted by Gasteiger charge is 2.12. The van der Waals surface area contributed by atoms with E-state index in [1.165, 1.54) is 0 Å². The van der Waals surface area contributed by atoms with Crippen molar-refractivity contribution in [1.82, 2.24) is 4.98 Å². The van der Waals surface area contributed by atoms with Crippen LogP contribution in [-0.4, -0.2) is 31.3 Å². The number of aryl methyl sites for hydroxylation is 1. The monoisotopic (exact) mass is 203 g/mol. The second-order valence-corrected chi connectivity index (χ2v) is 3.51. The molecule has 0 amide bonds. The number of hydrogen-bond acceptors (Lipinski definition) is 4. The zero-order valence-corrected chi connectivity index (χ0v) is 8.73. The molecule has 2 heterocycles. The van der Waals surface area contributed by atoms with Gasteiger partial charge >= 0.3 is 0 Å². The van der Waals surface area contributed by atoms with Crippen LogP contribution in [0.2, 0.25) is 0 Å². The molecule has 1 aliphatic rings. The lowest BCUT2D eigenvalue weighted by Gasteiger charge is -2.28. The molecule has 0 aromatic carbocycles. The number of hydrogen-bond donors (Lipinski definition) is 0. The number of morpholine rings is 1. The highest BCUT2D eigenvalue weighted by molar-refractivity contribution is 5.45. The van der Waals surface area contributed by atoms with Gasteiger partial charge in [-0.25, -0.2) is 4.98 Å². The molecule has 78 valence electrons. The molecule has 4 nitrogen and oxygen atoms in total. The van der Waals surface area contributed by atoms with E-state index >= 15 is 0 Å². The summed E-state index contributed by atoms with van der Waals surface area (Å²) in [5.41, 5.74) is 1.44. The maximum Gasteiger partial charge on any atom is 0.129 e. The first-order valence-corrected chi connectivity index (χ1v) is 5.01. The van der Waals surface area contributed by atoms with E-state index in [1.54, 1.807) is 0 Å². The van der Waals surface area contributed by atoms with Gasteiger partial charge in [0.2, 0.25) is 0 Å². The molecule has 1 aromatic rings. The van der Waals surface area contributed by atoms with Gasteiger partial charge in [0.25, 0.3) is 0 Å². The van der Waals surface area contributed by atoms with Gasteiger partial charge in [-0.3, -0.25) is 0 Å². The maximum atomic E-state index is 8.80. The van der Waals surface area contributed by atoms with Crippen LogP contribution < -0.4 is 4.90 Å². The number of pyridine rings is 1. The molecule has 2 rings (SSSR count). The molecule has 0 radical (unpaired) electrons. The summed E-state index contributed by atoms with van der Waals surface area (Å²) < 4.78 is 5.27. The van der Waals surface area contributed by atoms with Gasteiger partial charge in [-0.2, -0.15) is 5.26 Å². The number of aromatic nitrogens is 1. The molecule has 1 aromatic heterocycles. The first-order chi connectivity index (χ1) is 7.31. The van der Waals surface area contributed by atoms with Crippen LogP contribution in [0.25, 0.3) is 0 Å². The highest BCUT2D eigenvalue weighted by Crippen LogP contribution is 2.15. The van der Waals surface area contributed by atoms with Crippen LogP contribution >= 0.6 is 0 Å². The van der Waals surface area contributed by atoms with Crippen LogP contribution in [0, 0.1) is 18.3 Å². The minimum atomic E-state index is 0.645. The van der Waals surface area contributed by atoms with Crippen molar-refractivity contribution in [1.29, 1.82) is 5.26 Å². The Labute approximate surface area is 89.1 Å². The topological polar surface area (TPSA) is 49.2 Å². The fourth-order valence-corrected chi connectivity index (χ4v) is 1.63. The lowest BCUT2D eigenvalue weighted by atomic mass is 10.2. The molecule has 1 aliphatic heterocycles. The SMILES string of the molecule is Cc1nc(N2CCOCC2)ccc1C#N. The van der Waals surface area contributed by atoms with E-state index < -0.39 is 0 Å². The summed E-state index contributed by atoms with van der Waals surface area (Å²) in [6, 6.07) is 5.85. The predicted octanol–water partition coefficient (Wildman–Crippen LogP) is 1.10. The number of nitriles is 1. The highest BCUT2D eigenvalue weighted by atomic mass is 16.5. The Hall–Kier alpha value is -1.60. The van der Waals surface area contributed by atoms with E-state index in [4.69, 9.17) is 10.00 Å². The van der Waals surface area contributed by atoms with Crippen molar-refractivity contribution >= 4 is 5.82 Å². The minimum Gasteiger partial charge on any atom is -0.378 e. The lowest BCUT2D eigenvalue weighted by Crippen LogP contribution is -2.36. The van der Waals surface area contributed by atoms with Crippen LogP contribution in [0.5, 0.6) is 0 Å². The molecular formula is C11H13N3O. The predicted molar refractivity (Wildman–Crippen MR) is 56.7 cm³/mol. The Morgan fingerprint density at radius 2 is 2.13 bits per heavy atom. The molecule has 0 spiro atoms. The summed E-state index contributed by atoms with van der Waals surface area (Å²) >= 11 is 0. The summed E-state index contributed by atoms with van der Waals surface area (Å²) in [7, 11) is 0. The first kappa shape index (κ1) is 9.94. The van der Waals surface area contributed by atoms with E-state index in [1.807, 2.05) is 19.1 Å². The van der Waals surface area contributed by atoms with Gasteiger partial charge < -0.3 is 9.64 Å². The summed E-state index contributed by atoms with van der Waals surface area (Å²) in [6.07, 6.45) is 0. The van der Waals surface area contributed by atoms with Crippen LogP contribution in [0.1, 0.15) is 11.3 Å². The number of rotatable bonds is 1. The van der Waals surface area contributed by atoms with E-state index in [2.05, 4.69) is 16.0 Å². The Morgan fingerprint density at radius 1 is 1.40 bits per heavy atom. The Morgan fingerprint density at radius 3 is 2.73 bits per heavy atom. The van der Waals surface area contributed by atoms with Gasteiger partial charge in [-0.15, -0.1) is 0 Å². The Balaban J connectivity index is 2.22. The summed E-state index contributed by atoms with van der Waals surface area (Å²) in [5.74, 6) is 0.940. The minimum absolute atomic E-state index is 0.645. The molecule has 1 fully saturated rings. The first-order valence-electron chi connectivity index (χ1n) is 5.01. The van der Waals surface area contributed by atoms with Crippen LogP contribution in [0.15, 0.2) is 12.1 Å². The summed E-state index contributed by atoms with van der Waals surface area (Å²) in [5, 5.41) is 8.80. The van der Waals surface area contributed by atoms with Crippen molar-refractivity contribution in [2.24, 2.45) is 0 Å². The number of ether oxygens (including phenoxy) is 1. The molecule has 1 saturated heterocycles. The van der Waals surface area contributed by atoms with Crippen molar-refractivity contribution < 1.29 is 4.74 Å². The molecule has 0 unspecified atom stereocenters. The number of nitrogens with zero attached hydrogens (tertiary/aromatic N) is 3. The third-order valence-electron chi connectivity index (χ3n) is 2.53. The standard InChI is InChI=1S/C11H13N3O/c1-9-10(8-12)2-3-11(13-9)14-4-6-15-7-5-14/h2-3H,4-7H2,1H3. The third kappa shape index (κ3) is 2.08. The Bertz CT molecular complexity index is 391. The van der Waals surface area contributed by atoms with Gasteiger partial charge in [0, 0.05) is 13.1 Å². The molecule has 0 saturated carbocycles. The van der Waals surface area contributed by atoms with Crippen molar-refractivity contribution in [2.75, 3.05) is 31.2 Å². The van der Waals surface area contributed by atoms with E-state index in [0.29, 0.717) is 5.56 Å². The maximum absolute atomic E-state index is 8.80. The van der Waals surface area contributed by atoms with Crippen LogP contribution in [-0.2, 0) is 4.74 Å². The van der Waals surface area contributed by atoms with E-state index in [0.717, 1.165) is 37.8 Å². The van der Waals surface area contributed by atoms with Gasteiger partial charge in [-0.1, -0.05) is 0 Å². The van der Waals surface area contributed by atoms with Crippen LogP contribution in [0.3, 0.4) is 0 Å². The molecule has 0 bridgehead atoms. The van der Waals surface area contributed by atoms with Gasteiger partial charge in [0.15, 0.2) is 0 Å². The summed E-state index contributed by atoms with van der Waals surface area (Å²) in [4.78, 5) is 6.59. The van der Waals surface area contributed by atoms with E-state index in [-0.39, 0.29) is 0 Å². The van der Waals surface area contributed by atoms with Crippen LogP contribution in [0.4, 0.5) is 5.82 Å². The second kappa shape index (κ2) is 4.28. The molecule has 4 heteroatoms. The molecule has 0 aliphatic carbocycles. The number of anilines is 1. The van der Waals surface area contributed by atoms with Crippen molar-refractivity contribution in [3.8, 4) is 6.07 Å². The van der Waals surface area contributed by atoms with Gasteiger partial charge in [-0.05, 0) is 19.1 Å². The van der Waals surface area contributed by atoms with E-state index in [9.17, 15) is 0 Å². The Kier molecular flexibility index (Phi) is 2.84. The summed E-state index contributed by atoms with van der Waals surface area (Å²) in [6.45, 7) is 5.11. The molecule has 0 N–H and O–H groups in total. The zero-order valence-electron chi connectivity index (χ0n) is 8.73. The zero-order chi connectivity index (χ0) is 10.7. The largest absolute Gasteiger partial charge is 0.378 e. The van der Waals surface area contributed by atoms with Gasteiger partial charge in [0.05, 0.1) is 24.5 Å². The fourth-order valence-electron chi connectivity index (χ4n) is 1.63. The average Bonchev–Trinajstić information content (AvgIpc) is 2.30. The fraction of sp³-hybridized carbons (Fsp3) is 0.455.